The Balaban J connectivity index is 1.59. The molecule has 7 heteroatoms. The van der Waals surface area contributed by atoms with Crippen molar-refractivity contribution in [3.63, 3.8) is 0 Å². The van der Waals surface area contributed by atoms with Crippen LogP contribution in [-0.4, -0.2) is 43.1 Å². The third kappa shape index (κ3) is 4.64. The van der Waals surface area contributed by atoms with Crippen molar-refractivity contribution < 1.29 is 14.0 Å². The maximum atomic E-state index is 5.86. The molecule has 0 saturated heterocycles. The Morgan fingerprint density at radius 1 is 1.19 bits per heavy atom. The van der Waals surface area contributed by atoms with Gasteiger partial charge in [0.25, 0.3) is 5.89 Å². The highest BCUT2D eigenvalue weighted by atomic mass is 16.5. The van der Waals surface area contributed by atoms with Crippen molar-refractivity contribution in [1.29, 1.82) is 0 Å². The standard InChI is InChI=1S/C25H32N4O3/c1-15(2)31-23-12-9-17(13-22(23)26-4)25-28-24(29-32-25)20-8-6-7-19-18(20)10-11-21(19)27-16(3)14-30-5/h6-9,12-13,15-16,21,26-27H,10-11,14H2,1-5H3. The van der Waals surface area contributed by atoms with Crippen molar-refractivity contribution >= 4 is 5.69 Å². The molecule has 2 aromatic carbocycles. The van der Waals surface area contributed by atoms with Crippen molar-refractivity contribution in [2.75, 3.05) is 26.1 Å². The van der Waals surface area contributed by atoms with E-state index in [1.54, 1.807) is 7.11 Å². The van der Waals surface area contributed by atoms with Gasteiger partial charge in [-0.25, -0.2) is 0 Å². The molecule has 2 atom stereocenters. The Bertz CT molecular complexity index is 1060. The number of fused-ring (bicyclic) bond motifs is 1. The number of anilines is 1. The van der Waals surface area contributed by atoms with Crippen LogP contribution in [0.15, 0.2) is 40.9 Å². The van der Waals surface area contributed by atoms with Crippen LogP contribution in [0.25, 0.3) is 22.8 Å². The second-order valence-corrected chi connectivity index (χ2v) is 8.54. The predicted molar refractivity (Wildman–Crippen MR) is 126 cm³/mol. The largest absolute Gasteiger partial charge is 0.489 e. The second kappa shape index (κ2) is 9.71. The highest BCUT2D eigenvalue weighted by molar-refractivity contribution is 5.70. The lowest BCUT2D eigenvalue weighted by Crippen LogP contribution is -2.32. The minimum Gasteiger partial charge on any atom is -0.489 e. The monoisotopic (exact) mass is 436 g/mol. The summed E-state index contributed by atoms with van der Waals surface area (Å²) in [5, 5.41) is 11.2. The van der Waals surface area contributed by atoms with Crippen molar-refractivity contribution in [3.8, 4) is 28.6 Å². The minimum absolute atomic E-state index is 0.0962. The van der Waals surface area contributed by atoms with Crippen LogP contribution in [0.4, 0.5) is 5.69 Å². The summed E-state index contributed by atoms with van der Waals surface area (Å²) in [6.07, 6.45) is 2.13. The maximum absolute atomic E-state index is 5.86. The van der Waals surface area contributed by atoms with E-state index in [0.717, 1.165) is 35.4 Å². The van der Waals surface area contributed by atoms with Gasteiger partial charge in [0, 0.05) is 37.4 Å². The lowest BCUT2D eigenvalue weighted by Gasteiger charge is -2.20. The molecule has 0 radical (unpaired) electrons. The second-order valence-electron chi connectivity index (χ2n) is 8.54. The average molecular weight is 437 g/mol. The highest BCUT2D eigenvalue weighted by Gasteiger charge is 2.27. The molecule has 1 aliphatic carbocycles. The van der Waals surface area contributed by atoms with E-state index in [1.807, 2.05) is 39.1 Å². The minimum atomic E-state index is 0.0962. The zero-order valence-corrected chi connectivity index (χ0v) is 19.4. The van der Waals surface area contributed by atoms with Crippen LogP contribution in [0.5, 0.6) is 5.75 Å². The summed E-state index contributed by atoms with van der Waals surface area (Å²) in [6, 6.07) is 12.8. The quantitative estimate of drug-likeness (QED) is 0.496. The van der Waals surface area contributed by atoms with Gasteiger partial charge in [-0.2, -0.15) is 4.98 Å². The average Bonchev–Trinajstić information content (AvgIpc) is 3.41. The Morgan fingerprint density at radius 2 is 2.03 bits per heavy atom. The van der Waals surface area contributed by atoms with Crippen LogP contribution < -0.4 is 15.4 Å². The predicted octanol–water partition coefficient (Wildman–Crippen LogP) is 4.84. The van der Waals surface area contributed by atoms with Gasteiger partial charge in [-0.05, 0) is 62.9 Å². The number of ether oxygens (including phenoxy) is 2. The van der Waals surface area contributed by atoms with E-state index in [0.29, 0.717) is 30.4 Å². The van der Waals surface area contributed by atoms with E-state index in [2.05, 4.69) is 40.9 Å². The van der Waals surface area contributed by atoms with Gasteiger partial charge in [-0.3, -0.25) is 0 Å². The van der Waals surface area contributed by atoms with Crippen LogP contribution in [0.2, 0.25) is 0 Å². The molecule has 0 saturated carbocycles. The Morgan fingerprint density at radius 3 is 2.78 bits per heavy atom. The zero-order chi connectivity index (χ0) is 22.7. The SMILES string of the molecule is CNc1cc(-c2nc(-c3cccc4c3CCC4NC(C)COC)no2)ccc1OC(C)C. The molecular formula is C25H32N4O3. The number of aromatic nitrogens is 2. The first-order valence-electron chi connectivity index (χ1n) is 11.2. The van der Waals surface area contributed by atoms with Gasteiger partial charge in [0.2, 0.25) is 5.82 Å². The van der Waals surface area contributed by atoms with Gasteiger partial charge in [0.05, 0.1) is 18.4 Å². The Hall–Kier alpha value is -2.90. The number of methoxy groups -OCH3 is 1. The molecule has 1 aromatic heterocycles. The van der Waals surface area contributed by atoms with Crippen LogP contribution in [0.3, 0.4) is 0 Å². The van der Waals surface area contributed by atoms with Crippen molar-refractivity contribution in [2.45, 2.75) is 51.8 Å². The molecule has 2 N–H and O–H groups in total. The van der Waals surface area contributed by atoms with Gasteiger partial charge in [-0.1, -0.05) is 23.4 Å². The highest BCUT2D eigenvalue weighted by Crippen LogP contribution is 2.38. The molecule has 0 aliphatic heterocycles. The molecule has 170 valence electrons. The Labute approximate surface area is 189 Å². The normalized spacial score (nSPS) is 16.2. The summed E-state index contributed by atoms with van der Waals surface area (Å²) in [5.74, 6) is 1.91. The fourth-order valence-corrected chi connectivity index (χ4v) is 4.34. The lowest BCUT2D eigenvalue weighted by molar-refractivity contribution is 0.166. The molecule has 0 bridgehead atoms. The number of benzene rings is 2. The topological polar surface area (TPSA) is 81.4 Å². The van der Waals surface area contributed by atoms with Gasteiger partial charge in [0.1, 0.15) is 5.75 Å². The van der Waals surface area contributed by atoms with Gasteiger partial charge < -0.3 is 24.6 Å². The first-order valence-corrected chi connectivity index (χ1v) is 11.2. The number of hydrogen-bond acceptors (Lipinski definition) is 7. The summed E-state index contributed by atoms with van der Waals surface area (Å²) in [7, 11) is 3.61. The first kappa shape index (κ1) is 22.3. The summed E-state index contributed by atoms with van der Waals surface area (Å²) in [4.78, 5) is 4.72. The third-order valence-electron chi connectivity index (χ3n) is 5.70. The van der Waals surface area contributed by atoms with Gasteiger partial charge in [0.15, 0.2) is 0 Å². The van der Waals surface area contributed by atoms with E-state index in [9.17, 15) is 0 Å². The summed E-state index contributed by atoms with van der Waals surface area (Å²) < 4.78 is 16.8. The van der Waals surface area contributed by atoms with Crippen molar-refractivity contribution in [1.82, 2.24) is 15.5 Å². The van der Waals surface area contributed by atoms with E-state index in [-0.39, 0.29) is 6.10 Å². The fourth-order valence-electron chi connectivity index (χ4n) is 4.34. The molecule has 4 rings (SSSR count). The molecule has 2 unspecified atom stereocenters. The van der Waals surface area contributed by atoms with Gasteiger partial charge in [-0.15, -0.1) is 0 Å². The summed E-state index contributed by atoms with van der Waals surface area (Å²) in [5.41, 5.74) is 5.37. The molecule has 3 aromatic rings. The van der Waals surface area contributed by atoms with E-state index in [1.165, 1.54) is 11.1 Å². The van der Waals surface area contributed by atoms with Crippen LogP contribution in [0, 0.1) is 0 Å². The van der Waals surface area contributed by atoms with E-state index < -0.39 is 0 Å². The molecule has 7 nitrogen and oxygen atoms in total. The molecular weight excluding hydrogens is 404 g/mol. The maximum Gasteiger partial charge on any atom is 0.258 e. The molecule has 1 heterocycles. The molecule has 0 amide bonds. The van der Waals surface area contributed by atoms with Crippen LogP contribution in [-0.2, 0) is 11.2 Å². The smallest absolute Gasteiger partial charge is 0.258 e. The third-order valence-corrected chi connectivity index (χ3v) is 5.70. The van der Waals surface area contributed by atoms with E-state index in [4.69, 9.17) is 19.0 Å². The first-order chi connectivity index (χ1) is 15.5. The van der Waals surface area contributed by atoms with Crippen LogP contribution >= 0.6 is 0 Å². The Kier molecular flexibility index (Phi) is 6.77. The zero-order valence-electron chi connectivity index (χ0n) is 19.4. The number of hydrogen-bond donors (Lipinski definition) is 2. The van der Waals surface area contributed by atoms with Gasteiger partial charge >= 0.3 is 0 Å². The molecule has 32 heavy (non-hydrogen) atoms. The fraction of sp³-hybridized carbons (Fsp3) is 0.440. The number of nitrogens with zero attached hydrogens (tertiary/aromatic N) is 2. The summed E-state index contributed by atoms with van der Waals surface area (Å²) in [6.45, 7) is 6.85. The lowest BCUT2D eigenvalue weighted by atomic mass is 10.0. The summed E-state index contributed by atoms with van der Waals surface area (Å²) >= 11 is 0. The van der Waals surface area contributed by atoms with Crippen LogP contribution in [0.1, 0.15) is 44.4 Å². The number of nitrogens with one attached hydrogen (secondary N) is 2. The molecule has 1 aliphatic rings. The van der Waals surface area contributed by atoms with Crippen molar-refractivity contribution in [3.05, 3.63) is 47.5 Å². The van der Waals surface area contributed by atoms with E-state index >= 15 is 0 Å². The molecule has 0 fully saturated rings. The molecule has 0 spiro atoms. The number of rotatable bonds is 9. The van der Waals surface area contributed by atoms with Crippen molar-refractivity contribution in [2.24, 2.45) is 0 Å².